The fourth-order valence-electron chi connectivity index (χ4n) is 1.97. The van der Waals surface area contributed by atoms with Crippen molar-refractivity contribution in [2.24, 2.45) is 0 Å². The van der Waals surface area contributed by atoms with Gasteiger partial charge in [0.25, 0.3) is 11.6 Å². The Morgan fingerprint density at radius 2 is 1.18 bits per heavy atom. The second-order valence-electron chi connectivity index (χ2n) is 4.57. The lowest BCUT2D eigenvalue weighted by atomic mass is 10.1. The van der Waals surface area contributed by atoms with Crippen molar-refractivity contribution < 1.29 is 0 Å². The molecule has 0 radical (unpaired) electrons. The number of nitrogens with zero attached hydrogens (tertiary/aromatic N) is 8. The van der Waals surface area contributed by atoms with Gasteiger partial charge in [-0.1, -0.05) is 24.3 Å². The molecule has 3 rings (SSSR count). The standard InChI is InChI=1S/C14H10N8/c15-5-13-17-9-21(19-13)7-11-1-2-12(4-3-11)8-22-10-18-14(6-16)20-22/h1-4,9-10H,7-8H2. The molecule has 0 bridgehead atoms. The largest absolute Gasteiger partial charge is 0.252 e. The molecule has 1 aromatic carbocycles. The highest BCUT2D eigenvalue weighted by molar-refractivity contribution is 5.23. The Balaban J connectivity index is 1.67. The molecule has 8 nitrogen and oxygen atoms in total. The highest BCUT2D eigenvalue weighted by Crippen LogP contribution is 2.07. The molecule has 0 saturated heterocycles. The van der Waals surface area contributed by atoms with Gasteiger partial charge in [-0.3, -0.25) is 0 Å². The summed E-state index contributed by atoms with van der Waals surface area (Å²) >= 11 is 0. The third-order valence-corrected chi connectivity index (χ3v) is 2.99. The van der Waals surface area contributed by atoms with E-state index in [0.29, 0.717) is 13.1 Å². The Kier molecular flexibility index (Phi) is 3.58. The third kappa shape index (κ3) is 2.97. The molecule has 2 heterocycles. The number of benzene rings is 1. The minimum Gasteiger partial charge on any atom is -0.247 e. The van der Waals surface area contributed by atoms with Crippen molar-refractivity contribution in [3.05, 3.63) is 59.7 Å². The zero-order chi connectivity index (χ0) is 15.4. The van der Waals surface area contributed by atoms with E-state index in [9.17, 15) is 0 Å². The van der Waals surface area contributed by atoms with Crippen LogP contribution in [0, 0.1) is 22.7 Å². The lowest BCUT2D eigenvalue weighted by Crippen LogP contribution is -2.03. The molecule has 0 aliphatic carbocycles. The van der Waals surface area contributed by atoms with E-state index in [2.05, 4.69) is 20.2 Å². The van der Waals surface area contributed by atoms with Gasteiger partial charge in [0.05, 0.1) is 13.1 Å². The SMILES string of the molecule is N#Cc1ncn(Cc2ccc(Cn3cnc(C#N)n3)cc2)n1. The number of aromatic nitrogens is 6. The van der Waals surface area contributed by atoms with Crippen molar-refractivity contribution in [1.29, 1.82) is 10.5 Å². The Hall–Kier alpha value is -3.52. The van der Waals surface area contributed by atoms with Crippen molar-refractivity contribution in [3.8, 4) is 12.1 Å². The van der Waals surface area contributed by atoms with Gasteiger partial charge in [-0.2, -0.15) is 10.5 Å². The summed E-state index contributed by atoms with van der Waals surface area (Å²) in [6, 6.07) is 11.7. The molecule has 22 heavy (non-hydrogen) atoms. The molecule has 0 aliphatic rings. The maximum atomic E-state index is 8.69. The van der Waals surface area contributed by atoms with E-state index in [0.717, 1.165) is 11.1 Å². The molecular weight excluding hydrogens is 280 g/mol. The summed E-state index contributed by atoms with van der Waals surface area (Å²) in [6.07, 6.45) is 3.07. The second kappa shape index (κ2) is 5.85. The molecule has 0 fully saturated rings. The van der Waals surface area contributed by atoms with Crippen LogP contribution >= 0.6 is 0 Å². The van der Waals surface area contributed by atoms with Crippen molar-refractivity contribution in [2.45, 2.75) is 13.1 Å². The molecule has 0 atom stereocenters. The zero-order valence-electron chi connectivity index (χ0n) is 11.5. The number of rotatable bonds is 4. The molecule has 106 valence electrons. The first kappa shape index (κ1) is 13.5. The first-order valence-corrected chi connectivity index (χ1v) is 6.44. The van der Waals surface area contributed by atoms with E-state index < -0.39 is 0 Å². The fraction of sp³-hybridized carbons (Fsp3) is 0.143. The van der Waals surface area contributed by atoms with Crippen LogP contribution in [0.5, 0.6) is 0 Å². The van der Waals surface area contributed by atoms with Crippen LogP contribution in [0.4, 0.5) is 0 Å². The Morgan fingerprint density at radius 1 is 0.773 bits per heavy atom. The van der Waals surface area contributed by atoms with Crippen LogP contribution < -0.4 is 0 Å². The number of hydrogen-bond acceptors (Lipinski definition) is 6. The average Bonchev–Trinajstić information content (AvgIpc) is 3.18. The minimum absolute atomic E-state index is 0.163. The van der Waals surface area contributed by atoms with Gasteiger partial charge in [0, 0.05) is 0 Å². The molecule has 2 aromatic heterocycles. The normalized spacial score (nSPS) is 10.1. The minimum atomic E-state index is 0.163. The Bertz CT molecular complexity index is 786. The monoisotopic (exact) mass is 290 g/mol. The molecule has 0 unspecified atom stereocenters. The van der Waals surface area contributed by atoms with E-state index >= 15 is 0 Å². The lowest BCUT2D eigenvalue weighted by Gasteiger charge is -2.04. The molecule has 0 saturated carbocycles. The van der Waals surface area contributed by atoms with E-state index in [-0.39, 0.29) is 11.6 Å². The first-order valence-electron chi connectivity index (χ1n) is 6.44. The smallest absolute Gasteiger partial charge is 0.247 e. The van der Waals surface area contributed by atoms with Crippen LogP contribution in [-0.4, -0.2) is 29.5 Å². The Morgan fingerprint density at radius 3 is 1.50 bits per heavy atom. The highest BCUT2D eigenvalue weighted by atomic mass is 15.3. The number of nitriles is 2. The van der Waals surface area contributed by atoms with Crippen LogP contribution in [0.3, 0.4) is 0 Å². The first-order chi connectivity index (χ1) is 10.8. The van der Waals surface area contributed by atoms with Crippen LogP contribution in [-0.2, 0) is 13.1 Å². The molecular formula is C14H10N8. The summed E-state index contributed by atoms with van der Waals surface area (Å²) in [4.78, 5) is 7.72. The van der Waals surface area contributed by atoms with E-state index in [1.54, 1.807) is 9.36 Å². The summed E-state index contributed by atoms with van der Waals surface area (Å²) in [5, 5.41) is 25.4. The van der Waals surface area contributed by atoms with Gasteiger partial charge in [-0.05, 0) is 11.1 Å². The maximum absolute atomic E-state index is 8.69. The van der Waals surface area contributed by atoms with Crippen molar-refractivity contribution in [2.75, 3.05) is 0 Å². The molecule has 0 amide bonds. The van der Waals surface area contributed by atoms with Gasteiger partial charge in [-0.15, -0.1) is 10.2 Å². The molecule has 0 spiro atoms. The quantitative estimate of drug-likeness (QED) is 0.700. The second-order valence-corrected chi connectivity index (χ2v) is 4.57. The predicted molar refractivity (Wildman–Crippen MR) is 74.1 cm³/mol. The van der Waals surface area contributed by atoms with Gasteiger partial charge >= 0.3 is 0 Å². The lowest BCUT2D eigenvalue weighted by molar-refractivity contribution is 0.674. The van der Waals surface area contributed by atoms with Gasteiger partial charge < -0.3 is 0 Å². The van der Waals surface area contributed by atoms with E-state index in [1.807, 2.05) is 36.4 Å². The van der Waals surface area contributed by atoms with E-state index in [1.165, 1.54) is 12.7 Å². The van der Waals surface area contributed by atoms with Gasteiger partial charge in [0.1, 0.15) is 24.8 Å². The van der Waals surface area contributed by atoms with Crippen molar-refractivity contribution in [1.82, 2.24) is 29.5 Å². The van der Waals surface area contributed by atoms with Gasteiger partial charge in [0.15, 0.2) is 0 Å². The van der Waals surface area contributed by atoms with Crippen molar-refractivity contribution in [3.63, 3.8) is 0 Å². The van der Waals surface area contributed by atoms with Crippen LogP contribution in [0.2, 0.25) is 0 Å². The summed E-state index contributed by atoms with van der Waals surface area (Å²) < 4.78 is 3.23. The van der Waals surface area contributed by atoms with Gasteiger partial charge in [-0.25, -0.2) is 19.3 Å². The molecule has 0 aliphatic heterocycles. The van der Waals surface area contributed by atoms with Crippen LogP contribution in [0.25, 0.3) is 0 Å². The predicted octanol–water partition coefficient (Wildman–Crippen LogP) is 0.710. The third-order valence-electron chi connectivity index (χ3n) is 2.99. The zero-order valence-corrected chi connectivity index (χ0v) is 11.5. The summed E-state index contributed by atoms with van der Waals surface area (Å²) in [6.45, 7) is 1.10. The van der Waals surface area contributed by atoms with E-state index in [4.69, 9.17) is 10.5 Å². The summed E-state index contributed by atoms with van der Waals surface area (Å²) in [7, 11) is 0. The summed E-state index contributed by atoms with van der Waals surface area (Å²) in [5.41, 5.74) is 2.10. The molecule has 8 heteroatoms. The number of hydrogen-bond donors (Lipinski definition) is 0. The van der Waals surface area contributed by atoms with Crippen LogP contribution in [0.1, 0.15) is 22.8 Å². The average molecular weight is 290 g/mol. The Labute approximate surface area is 125 Å². The molecule has 3 aromatic rings. The van der Waals surface area contributed by atoms with Gasteiger partial charge in [0.2, 0.25) is 0 Å². The fourth-order valence-corrected chi connectivity index (χ4v) is 1.97. The maximum Gasteiger partial charge on any atom is 0.252 e. The highest BCUT2D eigenvalue weighted by Gasteiger charge is 2.03. The van der Waals surface area contributed by atoms with Crippen molar-refractivity contribution >= 4 is 0 Å². The van der Waals surface area contributed by atoms with Crippen LogP contribution in [0.15, 0.2) is 36.9 Å². The topological polar surface area (TPSA) is 109 Å². The molecule has 0 N–H and O–H groups in total. The summed E-state index contributed by atoms with van der Waals surface area (Å²) in [5.74, 6) is 0.326.